The molecule has 6 heteroatoms. The summed E-state index contributed by atoms with van der Waals surface area (Å²) in [5, 5.41) is 3.98. The van der Waals surface area contributed by atoms with Crippen LogP contribution in [0.4, 0.5) is 4.39 Å². The minimum atomic E-state index is -0.681. The van der Waals surface area contributed by atoms with Crippen molar-refractivity contribution in [3.8, 4) is 22.6 Å². The smallest absolute Gasteiger partial charge is 0.344 e. The number of methoxy groups -OCH3 is 1. The summed E-state index contributed by atoms with van der Waals surface area (Å²) in [7, 11) is 1.23. The quantitative estimate of drug-likeness (QED) is 0.659. The lowest BCUT2D eigenvalue weighted by molar-refractivity contribution is 0.0602. The fourth-order valence-corrected chi connectivity index (χ4v) is 2.52. The number of hydrogen-bond donors (Lipinski definition) is 0. The van der Waals surface area contributed by atoms with Crippen LogP contribution in [-0.4, -0.2) is 18.2 Å². The van der Waals surface area contributed by atoms with Crippen LogP contribution in [-0.2, 0) is 4.74 Å². The average molecular weight is 332 g/mol. The van der Waals surface area contributed by atoms with Crippen LogP contribution >= 0.6 is 11.6 Å². The molecule has 0 amide bonds. The van der Waals surface area contributed by atoms with E-state index in [2.05, 4.69) is 5.16 Å². The monoisotopic (exact) mass is 331 g/mol. The third-order valence-electron chi connectivity index (χ3n) is 3.32. The van der Waals surface area contributed by atoms with Gasteiger partial charge in [0, 0.05) is 5.56 Å². The van der Waals surface area contributed by atoms with E-state index in [-0.39, 0.29) is 27.6 Å². The van der Waals surface area contributed by atoms with Crippen LogP contribution in [0.2, 0.25) is 5.02 Å². The molecule has 0 saturated carbocycles. The Morgan fingerprint density at radius 1 is 1.17 bits per heavy atom. The van der Waals surface area contributed by atoms with Gasteiger partial charge in [-0.15, -0.1) is 0 Å². The summed E-state index contributed by atoms with van der Waals surface area (Å²) in [6, 6.07) is 13.1. The summed E-state index contributed by atoms with van der Waals surface area (Å²) >= 11 is 6.07. The molecule has 1 aromatic heterocycles. The number of hydrogen-bond acceptors (Lipinski definition) is 4. The topological polar surface area (TPSA) is 52.3 Å². The minimum Gasteiger partial charge on any atom is -0.465 e. The summed E-state index contributed by atoms with van der Waals surface area (Å²) in [4.78, 5) is 12.2. The molecule has 3 rings (SSSR count). The van der Waals surface area contributed by atoms with Gasteiger partial charge >= 0.3 is 5.97 Å². The van der Waals surface area contributed by atoms with E-state index in [1.54, 1.807) is 24.3 Å². The van der Waals surface area contributed by atoms with Gasteiger partial charge in [0.15, 0.2) is 5.76 Å². The van der Waals surface area contributed by atoms with E-state index in [0.717, 1.165) is 0 Å². The molecule has 0 bridgehead atoms. The van der Waals surface area contributed by atoms with Gasteiger partial charge in [-0.05, 0) is 12.1 Å². The van der Waals surface area contributed by atoms with Crippen molar-refractivity contribution in [2.45, 2.75) is 0 Å². The predicted molar refractivity (Wildman–Crippen MR) is 83.7 cm³/mol. The summed E-state index contributed by atoms with van der Waals surface area (Å²) in [5.74, 6) is -1.08. The molecule has 23 heavy (non-hydrogen) atoms. The van der Waals surface area contributed by atoms with Gasteiger partial charge in [-0.1, -0.05) is 53.2 Å². The molecule has 0 fully saturated rings. The zero-order chi connectivity index (χ0) is 16.4. The number of nitrogens with zero attached hydrogens (tertiary/aromatic N) is 1. The Kier molecular flexibility index (Phi) is 4.12. The standard InChI is InChI=1S/C17H11ClFNO3/c1-22-17(21)14-15(13-11(18)8-5-9-12(13)19)20-23-16(14)10-6-3-2-4-7-10/h2-9H,1H3. The molecule has 1 heterocycles. The Labute approximate surface area is 136 Å². The van der Waals surface area contributed by atoms with E-state index in [0.29, 0.717) is 5.56 Å². The van der Waals surface area contributed by atoms with Crippen molar-refractivity contribution < 1.29 is 18.4 Å². The second kappa shape index (κ2) is 6.22. The zero-order valence-corrected chi connectivity index (χ0v) is 12.8. The van der Waals surface area contributed by atoms with E-state index in [4.69, 9.17) is 20.9 Å². The highest BCUT2D eigenvalue weighted by Crippen LogP contribution is 2.37. The maximum absolute atomic E-state index is 14.2. The minimum absolute atomic E-state index is 0.000461. The highest BCUT2D eigenvalue weighted by atomic mass is 35.5. The molecule has 0 N–H and O–H groups in total. The maximum atomic E-state index is 14.2. The zero-order valence-electron chi connectivity index (χ0n) is 12.0. The van der Waals surface area contributed by atoms with Crippen LogP contribution in [0.15, 0.2) is 53.1 Å². The molecule has 0 unspecified atom stereocenters. The molecule has 3 aromatic rings. The second-order valence-corrected chi connectivity index (χ2v) is 5.10. The van der Waals surface area contributed by atoms with Crippen molar-refractivity contribution in [1.82, 2.24) is 5.16 Å². The van der Waals surface area contributed by atoms with Gasteiger partial charge < -0.3 is 9.26 Å². The van der Waals surface area contributed by atoms with E-state index in [1.807, 2.05) is 6.07 Å². The van der Waals surface area contributed by atoms with Gasteiger partial charge in [-0.3, -0.25) is 0 Å². The molecular weight excluding hydrogens is 321 g/mol. The number of rotatable bonds is 3. The van der Waals surface area contributed by atoms with Crippen molar-refractivity contribution in [2.75, 3.05) is 7.11 Å². The van der Waals surface area contributed by atoms with Crippen molar-refractivity contribution in [2.24, 2.45) is 0 Å². The van der Waals surface area contributed by atoms with Crippen LogP contribution in [0.5, 0.6) is 0 Å². The number of ether oxygens (including phenoxy) is 1. The maximum Gasteiger partial charge on any atom is 0.344 e. The Hall–Kier alpha value is -2.66. The van der Waals surface area contributed by atoms with Gasteiger partial charge in [0.05, 0.1) is 17.7 Å². The number of carbonyl (C=O) groups is 1. The second-order valence-electron chi connectivity index (χ2n) is 4.69. The van der Waals surface area contributed by atoms with Crippen molar-refractivity contribution >= 4 is 17.6 Å². The van der Waals surface area contributed by atoms with E-state index in [9.17, 15) is 9.18 Å². The van der Waals surface area contributed by atoms with Crippen molar-refractivity contribution in [3.05, 3.63) is 64.9 Å². The summed E-state index contributed by atoms with van der Waals surface area (Å²) < 4.78 is 24.3. The number of carbonyl (C=O) groups excluding carboxylic acids is 1. The Morgan fingerprint density at radius 2 is 1.91 bits per heavy atom. The number of benzene rings is 2. The lowest BCUT2D eigenvalue weighted by atomic mass is 10.0. The van der Waals surface area contributed by atoms with Gasteiger partial charge in [-0.25, -0.2) is 9.18 Å². The van der Waals surface area contributed by atoms with E-state index in [1.165, 1.54) is 25.3 Å². The molecule has 116 valence electrons. The van der Waals surface area contributed by atoms with Crippen molar-refractivity contribution in [3.63, 3.8) is 0 Å². The lowest BCUT2D eigenvalue weighted by Crippen LogP contribution is -2.04. The first-order valence-corrected chi connectivity index (χ1v) is 7.09. The predicted octanol–water partition coefficient (Wildman–Crippen LogP) is 4.59. The fourth-order valence-electron chi connectivity index (χ4n) is 2.26. The number of halogens is 2. The van der Waals surface area contributed by atoms with Crippen LogP contribution in [0.25, 0.3) is 22.6 Å². The average Bonchev–Trinajstić information content (AvgIpc) is 2.99. The molecule has 2 aromatic carbocycles. The summed E-state index contributed by atoms with van der Waals surface area (Å²) in [5.41, 5.74) is 0.670. The third kappa shape index (κ3) is 2.71. The first kappa shape index (κ1) is 15.2. The molecule has 4 nitrogen and oxygen atoms in total. The highest BCUT2D eigenvalue weighted by molar-refractivity contribution is 6.33. The van der Waals surface area contributed by atoms with Gasteiger partial charge in [0.25, 0.3) is 0 Å². The third-order valence-corrected chi connectivity index (χ3v) is 3.63. The molecule has 0 spiro atoms. The normalized spacial score (nSPS) is 10.6. The molecule has 0 aliphatic rings. The largest absolute Gasteiger partial charge is 0.465 e. The molecule has 0 aliphatic heterocycles. The molecule has 0 aliphatic carbocycles. The van der Waals surface area contributed by atoms with Gasteiger partial charge in [0.1, 0.15) is 17.1 Å². The van der Waals surface area contributed by atoms with Gasteiger partial charge in [0.2, 0.25) is 0 Å². The first-order valence-electron chi connectivity index (χ1n) is 6.71. The molecule has 0 radical (unpaired) electrons. The number of esters is 1. The Morgan fingerprint density at radius 3 is 2.57 bits per heavy atom. The van der Waals surface area contributed by atoms with E-state index < -0.39 is 11.8 Å². The lowest BCUT2D eigenvalue weighted by Gasteiger charge is -2.05. The van der Waals surface area contributed by atoms with Gasteiger partial charge in [-0.2, -0.15) is 0 Å². The molecule has 0 saturated heterocycles. The van der Waals surface area contributed by atoms with Crippen LogP contribution in [0, 0.1) is 5.82 Å². The van der Waals surface area contributed by atoms with Crippen molar-refractivity contribution in [1.29, 1.82) is 0 Å². The SMILES string of the molecule is COC(=O)c1c(-c2c(F)cccc2Cl)noc1-c1ccccc1. The van der Waals surface area contributed by atoms with Crippen LogP contribution in [0.1, 0.15) is 10.4 Å². The summed E-state index contributed by atoms with van der Waals surface area (Å²) in [6.45, 7) is 0. The Bertz CT molecular complexity index is 841. The van der Waals surface area contributed by atoms with Crippen LogP contribution in [0.3, 0.4) is 0 Å². The molecule has 0 atom stereocenters. The van der Waals surface area contributed by atoms with E-state index >= 15 is 0 Å². The Balaban J connectivity index is 2.27. The number of aromatic nitrogens is 1. The fraction of sp³-hybridized carbons (Fsp3) is 0.0588. The molecular formula is C17H11ClFNO3. The summed E-state index contributed by atoms with van der Waals surface area (Å²) in [6.07, 6.45) is 0. The highest BCUT2D eigenvalue weighted by Gasteiger charge is 2.28. The van der Waals surface area contributed by atoms with Crippen LogP contribution < -0.4 is 0 Å². The first-order chi connectivity index (χ1) is 11.1.